The largest absolute Gasteiger partial charge is 0.490 e. The zero-order valence-electron chi connectivity index (χ0n) is 15.8. The summed E-state index contributed by atoms with van der Waals surface area (Å²) in [6.45, 7) is 4.94. The highest BCUT2D eigenvalue weighted by Gasteiger charge is 2.13. The lowest BCUT2D eigenvalue weighted by Gasteiger charge is -2.15. The van der Waals surface area contributed by atoms with Gasteiger partial charge in [-0.25, -0.2) is 0 Å². The molecule has 0 atom stereocenters. The molecule has 3 rings (SSSR count). The van der Waals surface area contributed by atoms with Crippen molar-refractivity contribution in [3.8, 4) is 11.5 Å². The molecule has 0 saturated carbocycles. The highest BCUT2D eigenvalue weighted by molar-refractivity contribution is 14.1. The molecule has 0 aromatic heterocycles. The number of para-hydroxylation sites is 1. The van der Waals surface area contributed by atoms with E-state index < -0.39 is 0 Å². The van der Waals surface area contributed by atoms with Crippen LogP contribution in [0.2, 0.25) is 5.02 Å². The second kappa shape index (κ2) is 9.94. The molecule has 5 heteroatoms. The van der Waals surface area contributed by atoms with E-state index in [2.05, 4.69) is 27.6 Å². The van der Waals surface area contributed by atoms with Gasteiger partial charge >= 0.3 is 0 Å². The molecule has 0 spiro atoms. The van der Waals surface area contributed by atoms with Crippen molar-refractivity contribution in [2.75, 3.05) is 6.61 Å². The molecule has 3 aromatic carbocycles. The average molecular weight is 506 g/mol. The van der Waals surface area contributed by atoms with Crippen LogP contribution in [0.5, 0.6) is 11.5 Å². The first-order valence-corrected chi connectivity index (χ1v) is 10.5. The quantitative estimate of drug-likeness (QED) is 0.256. The van der Waals surface area contributed by atoms with E-state index in [-0.39, 0.29) is 0 Å². The van der Waals surface area contributed by atoms with Crippen molar-refractivity contribution in [2.45, 2.75) is 20.5 Å². The molecule has 28 heavy (non-hydrogen) atoms. The number of ether oxygens (including phenoxy) is 2. The number of aryl methyl sites for hydroxylation is 1. The maximum Gasteiger partial charge on any atom is 0.175 e. The van der Waals surface area contributed by atoms with Gasteiger partial charge in [-0.1, -0.05) is 48.0 Å². The molecular formula is C23H21ClINO2. The first-order chi connectivity index (χ1) is 13.6. The van der Waals surface area contributed by atoms with Crippen LogP contribution in [0.3, 0.4) is 0 Å². The van der Waals surface area contributed by atoms with Crippen molar-refractivity contribution in [1.82, 2.24) is 0 Å². The van der Waals surface area contributed by atoms with Crippen molar-refractivity contribution < 1.29 is 9.47 Å². The Labute approximate surface area is 184 Å². The Kier molecular flexibility index (Phi) is 7.34. The molecule has 3 aromatic rings. The van der Waals surface area contributed by atoms with Gasteiger partial charge in [-0.2, -0.15) is 0 Å². The molecule has 0 heterocycles. The van der Waals surface area contributed by atoms with Gasteiger partial charge in [0.1, 0.15) is 6.61 Å². The summed E-state index contributed by atoms with van der Waals surface area (Å²) in [5.41, 5.74) is 3.99. The lowest BCUT2D eigenvalue weighted by Crippen LogP contribution is -2.03. The van der Waals surface area contributed by atoms with Gasteiger partial charge < -0.3 is 9.47 Å². The summed E-state index contributed by atoms with van der Waals surface area (Å²) in [6, 6.07) is 19.7. The third-order valence-electron chi connectivity index (χ3n) is 4.13. The van der Waals surface area contributed by atoms with Gasteiger partial charge in [0.05, 0.1) is 15.9 Å². The smallest absolute Gasteiger partial charge is 0.175 e. The van der Waals surface area contributed by atoms with Crippen LogP contribution in [-0.4, -0.2) is 12.8 Å². The molecule has 0 aliphatic carbocycles. The third-order valence-corrected chi connectivity index (χ3v) is 5.30. The predicted molar refractivity (Wildman–Crippen MR) is 125 cm³/mol. The monoisotopic (exact) mass is 505 g/mol. The van der Waals surface area contributed by atoms with E-state index in [0.29, 0.717) is 24.0 Å². The van der Waals surface area contributed by atoms with E-state index in [1.165, 1.54) is 0 Å². The Morgan fingerprint density at radius 2 is 1.79 bits per heavy atom. The van der Waals surface area contributed by atoms with Crippen molar-refractivity contribution in [2.24, 2.45) is 4.99 Å². The molecule has 0 saturated heterocycles. The minimum absolute atomic E-state index is 0.381. The van der Waals surface area contributed by atoms with Gasteiger partial charge in [-0.05, 0) is 71.8 Å². The molecule has 0 amide bonds. The molecule has 0 N–H and O–H groups in total. The van der Waals surface area contributed by atoms with Crippen molar-refractivity contribution in [3.63, 3.8) is 0 Å². The minimum atomic E-state index is 0.381. The lowest BCUT2D eigenvalue weighted by molar-refractivity contribution is 0.267. The van der Waals surface area contributed by atoms with Gasteiger partial charge in [0, 0.05) is 16.8 Å². The Bertz CT molecular complexity index is 988. The van der Waals surface area contributed by atoms with E-state index in [9.17, 15) is 0 Å². The van der Waals surface area contributed by atoms with Crippen LogP contribution in [0, 0.1) is 10.5 Å². The fraction of sp³-hybridized carbons (Fsp3) is 0.174. The highest BCUT2D eigenvalue weighted by atomic mass is 127. The zero-order chi connectivity index (χ0) is 19.9. The summed E-state index contributed by atoms with van der Waals surface area (Å²) in [6.07, 6.45) is 1.85. The average Bonchev–Trinajstić information content (AvgIpc) is 2.68. The summed E-state index contributed by atoms with van der Waals surface area (Å²) >= 11 is 8.50. The maximum absolute atomic E-state index is 6.24. The number of rotatable bonds is 7. The van der Waals surface area contributed by atoms with Gasteiger partial charge in [0.15, 0.2) is 11.5 Å². The molecule has 144 valence electrons. The number of halogens is 2. The summed E-state index contributed by atoms with van der Waals surface area (Å²) in [5, 5.41) is 0.692. The van der Waals surface area contributed by atoms with E-state index in [1.807, 2.05) is 80.7 Å². The standard InChI is InChI=1S/C23H21ClINO2/c1-3-27-22-13-17(14-26-21-11-7-4-8-16(21)2)12-20(25)23(22)28-15-18-9-5-6-10-19(18)24/h4-14H,3,15H2,1-2H3. The molecule has 0 fully saturated rings. The molecular weight excluding hydrogens is 485 g/mol. The van der Waals surface area contributed by atoms with E-state index in [1.54, 1.807) is 0 Å². The highest BCUT2D eigenvalue weighted by Crippen LogP contribution is 2.35. The summed E-state index contributed by atoms with van der Waals surface area (Å²) in [7, 11) is 0. The number of hydrogen-bond acceptors (Lipinski definition) is 3. The number of nitrogens with zero attached hydrogens (tertiary/aromatic N) is 1. The van der Waals surface area contributed by atoms with Gasteiger partial charge in [0.25, 0.3) is 0 Å². The van der Waals surface area contributed by atoms with Crippen LogP contribution in [0.15, 0.2) is 65.7 Å². The molecule has 0 aliphatic heterocycles. The fourth-order valence-electron chi connectivity index (χ4n) is 2.68. The summed E-state index contributed by atoms with van der Waals surface area (Å²) in [5.74, 6) is 1.42. The van der Waals surface area contributed by atoms with Crippen LogP contribution in [0.1, 0.15) is 23.6 Å². The molecule has 0 aliphatic rings. The van der Waals surface area contributed by atoms with Crippen molar-refractivity contribution in [3.05, 3.63) is 85.9 Å². The normalized spacial score (nSPS) is 11.0. The Morgan fingerprint density at radius 3 is 2.54 bits per heavy atom. The lowest BCUT2D eigenvalue weighted by atomic mass is 10.2. The number of benzene rings is 3. The number of hydrogen-bond donors (Lipinski definition) is 0. The second-order valence-electron chi connectivity index (χ2n) is 6.19. The summed E-state index contributed by atoms with van der Waals surface area (Å²) < 4.78 is 12.9. The number of aliphatic imine (C=N–C) groups is 1. The fourth-order valence-corrected chi connectivity index (χ4v) is 3.65. The summed E-state index contributed by atoms with van der Waals surface area (Å²) in [4.78, 5) is 4.61. The van der Waals surface area contributed by atoms with Crippen LogP contribution < -0.4 is 9.47 Å². The van der Waals surface area contributed by atoms with Crippen LogP contribution in [-0.2, 0) is 6.61 Å². The van der Waals surface area contributed by atoms with Gasteiger partial charge in [-0.15, -0.1) is 0 Å². The molecule has 3 nitrogen and oxygen atoms in total. The van der Waals surface area contributed by atoms with E-state index in [0.717, 1.165) is 31.7 Å². The molecule has 0 bridgehead atoms. The van der Waals surface area contributed by atoms with Gasteiger partial charge in [0.2, 0.25) is 0 Å². The van der Waals surface area contributed by atoms with E-state index >= 15 is 0 Å². The Balaban J connectivity index is 1.85. The molecule has 0 radical (unpaired) electrons. The Hall–Kier alpha value is -2.05. The second-order valence-corrected chi connectivity index (χ2v) is 7.76. The topological polar surface area (TPSA) is 30.8 Å². The predicted octanol–water partition coefficient (Wildman–Crippen LogP) is 6.98. The Morgan fingerprint density at radius 1 is 1.04 bits per heavy atom. The van der Waals surface area contributed by atoms with Crippen molar-refractivity contribution in [1.29, 1.82) is 0 Å². The van der Waals surface area contributed by atoms with Crippen molar-refractivity contribution >= 4 is 46.1 Å². The zero-order valence-corrected chi connectivity index (χ0v) is 18.7. The van der Waals surface area contributed by atoms with Gasteiger partial charge in [-0.3, -0.25) is 4.99 Å². The minimum Gasteiger partial charge on any atom is -0.490 e. The van der Waals surface area contributed by atoms with E-state index in [4.69, 9.17) is 21.1 Å². The molecule has 0 unspecified atom stereocenters. The SMILES string of the molecule is CCOc1cc(C=Nc2ccccc2C)cc(I)c1OCc1ccccc1Cl. The maximum atomic E-state index is 6.24. The third kappa shape index (κ3) is 5.26. The van der Waals surface area contributed by atoms with Crippen LogP contribution in [0.4, 0.5) is 5.69 Å². The van der Waals surface area contributed by atoms with Crippen LogP contribution in [0.25, 0.3) is 0 Å². The first-order valence-electron chi connectivity index (χ1n) is 9.00. The van der Waals surface area contributed by atoms with Crippen LogP contribution >= 0.6 is 34.2 Å². The first kappa shape index (κ1) is 20.7.